The summed E-state index contributed by atoms with van der Waals surface area (Å²) in [5.41, 5.74) is 0. The van der Waals surface area contributed by atoms with E-state index < -0.39 is 0 Å². The first-order valence-electron chi connectivity index (χ1n) is 6.43. The molecule has 0 spiro atoms. The molecule has 1 N–H and O–H groups in total. The number of rotatable bonds is 9. The summed E-state index contributed by atoms with van der Waals surface area (Å²) >= 11 is 0. The lowest BCUT2D eigenvalue weighted by Gasteiger charge is -2.07. The van der Waals surface area contributed by atoms with Gasteiger partial charge >= 0.3 is 0 Å². The van der Waals surface area contributed by atoms with Crippen molar-refractivity contribution in [3.63, 3.8) is 0 Å². The third kappa shape index (κ3) is 6.17. The van der Waals surface area contributed by atoms with Gasteiger partial charge in [0.1, 0.15) is 11.5 Å². The number of ether oxygens (including phenoxy) is 2. The number of hydrogen-bond donors (Lipinski definition) is 1. The Labute approximate surface area is 104 Å². The molecule has 0 unspecified atom stereocenters. The lowest BCUT2D eigenvalue weighted by molar-refractivity contribution is 0.304. The zero-order chi connectivity index (χ0) is 12.3. The SMILES string of the molecule is CCNCCCCOc1ccc(OCC)cc1. The van der Waals surface area contributed by atoms with Crippen molar-refractivity contribution in [2.45, 2.75) is 26.7 Å². The average molecular weight is 237 g/mol. The highest BCUT2D eigenvalue weighted by atomic mass is 16.5. The van der Waals surface area contributed by atoms with Gasteiger partial charge in [-0.1, -0.05) is 6.92 Å². The van der Waals surface area contributed by atoms with Gasteiger partial charge in [0.25, 0.3) is 0 Å². The number of hydrogen-bond acceptors (Lipinski definition) is 3. The minimum Gasteiger partial charge on any atom is -0.494 e. The fraction of sp³-hybridized carbons (Fsp3) is 0.571. The molecule has 3 heteroatoms. The van der Waals surface area contributed by atoms with Gasteiger partial charge in [0, 0.05) is 0 Å². The molecular weight excluding hydrogens is 214 g/mol. The number of nitrogens with one attached hydrogen (secondary N) is 1. The number of unbranched alkanes of at least 4 members (excludes halogenated alkanes) is 1. The molecule has 0 saturated carbocycles. The van der Waals surface area contributed by atoms with E-state index in [2.05, 4.69) is 12.2 Å². The molecule has 0 atom stereocenters. The highest BCUT2D eigenvalue weighted by Crippen LogP contribution is 2.17. The quantitative estimate of drug-likeness (QED) is 0.670. The van der Waals surface area contributed by atoms with Crippen molar-refractivity contribution >= 4 is 0 Å². The van der Waals surface area contributed by atoms with Crippen LogP contribution in [0.2, 0.25) is 0 Å². The Morgan fingerprint density at radius 2 is 1.59 bits per heavy atom. The van der Waals surface area contributed by atoms with Gasteiger partial charge < -0.3 is 14.8 Å². The van der Waals surface area contributed by atoms with Gasteiger partial charge in [-0.15, -0.1) is 0 Å². The second-order valence-electron chi connectivity index (χ2n) is 3.81. The molecule has 0 amide bonds. The van der Waals surface area contributed by atoms with Crippen LogP contribution < -0.4 is 14.8 Å². The predicted molar refractivity (Wildman–Crippen MR) is 70.9 cm³/mol. The van der Waals surface area contributed by atoms with E-state index in [0.29, 0.717) is 6.61 Å². The van der Waals surface area contributed by atoms with Gasteiger partial charge in [-0.05, 0) is 57.1 Å². The monoisotopic (exact) mass is 237 g/mol. The fourth-order valence-corrected chi connectivity index (χ4v) is 1.52. The van der Waals surface area contributed by atoms with E-state index in [-0.39, 0.29) is 0 Å². The molecule has 1 aromatic carbocycles. The minimum atomic E-state index is 0.699. The molecule has 17 heavy (non-hydrogen) atoms. The van der Waals surface area contributed by atoms with Crippen LogP contribution in [0.1, 0.15) is 26.7 Å². The Bertz CT molecular complexity index is 285. The summed E-state index contributed by atoms with van der Waals surface area (Å²) in [6.45, 7) is 7.69. The second-order valence-corrected chi connectivity index (χ2v) is 3.81. The maximum Gasteiger partial charge on any atom is 0.119 e. The fourth-order valence-electron chi connectivity index (χ4n) is 1.52. The molecule has 1 rings (SSSR count). The van der Waals surface area contributed by atoms with Crippen molar-refractivity contribution in [3.05, 3.63) is 24.3 Å². The largest absolute Gasteiger partial charge is 0.494 e. The summed E-state index contributed by atoms with van der Waals surface area (Å²) < 4.78 is 11.0. The van der Waals surface area contributed by atoms with Crippen molar-refractivity contribution in [1.82, 2.24) is 5.32 Å². The van der Waals surface area contributed by atoms with Gasteiger partial charge in [0.15, 0.2) is 0 Å². The average Bonchev–Trinajstić information content (AvgIpc) is 2.36. The molecule has 0 saturated heterocycles. The van der Waals surface area contributed by atoms with Crippen LogP contribution in [0.5, 0.6) is 11.5 Å². The maximum absolute atomic E-state index is 5.64. The van der Waals surface area contributed by atoms with Gasteiger partial charge in [-0.2, -0.15) is 0 Å². The Hall–Kier alpha value is -1.22. The summed E-state index contributed by atoms with van der Waals surface area (Å²) in [5.74, 6) is 1.81. The Kier molecular flexibility index (Phi) is 7.23. The van der Waals surface area contributed by atoms with E-state index in [0.717, 1.165) is 44.0 Å². The highest BCUT2D eigenvalue weighted by molar-refractivity contribution is 5.31. The van der Waals surface area contributed by atoms with Crippen LogP contribution in [-0.4, -0.2) is 26.3 Å². The van der Waals surface area contributed by atoms with Crippen LogP contribution in [0, 0.1) is 0 Å². The van der Waals surface area contributed by atoms with Crippen molar-refractivity contribution in [2.24, 2.45) is 0 Å². The Balaban J connectivity index is 2.14. The summed E-state index contributed by atoms with van der Waals surface area (Å²) in [7, 11) is 0. The molecule has 0 aliphatic rings. The summed E-state index contributed by atoms with van der Waals surface area (Å²) in [6.07, 6.45) is 2.24. The molecule has 0 aliphatic heterocycles. The zero-order valence-corrected chi connectivity index (χ0v) is 10.9. The smallest absolute Gasteiger partial charge is 0.119 e. The van der Waals surface area contributed by atoms with Crippen LogP contribution >= 0.6 is 0 Å². The zero-order valence-electron chi connectivity index (χ0n) is 10.9. The van der Waals surface area contributed by atoms with Gasteiger partial charge in [0.05, 0.1) is 13.2 Å². The van der Waals surface area contributed by atoms with E-state index in [1.165, 1.54) is 0 Å². The molecule has 0 radical (unpaired) electrons. The topological polar surface area (TPSA) is 30.5 Å². The van der Waals surface area contributed by atoms with E-state index in [9.17, 15) is 0 Å². The third-order valence-corrected chi connectivity index (χ3v) is 2.40. The normalized spacial score (nSPS) is 10.2. The predicted octanol–water partition coefficient (Wildman–Crippen LogP) is 2.85. The molecule has 1 aromatic rings. The summed E-state index contributed by atoms with van der Waals surface area (Å²) in [4.78, 5) is 0. The first kappa shape index (κ1) is 13.8. The molecule has 0 heterocycles. The van der Waals surface area contributed by atoms with Crippen LogP contribution in [0.3, 0.4) is 0 Å². The van der Waals surface area contributed by atoms with Crippen LogP contribution in [0.25, 0.3) is 0 Å². The Morgan fingerprint density at radius 3 is 2.18 bits per heavy atom. The summed E-state index contributed by atoms with van der Waals surface area (Å²) in [6, 6.07) is 7.79. The molecule has 0 aromatic heterocycles. The Morgan fingerprint density at radius 1 is 0.941 bits per heavy atom. The first-order valence-corrected chi connectivity index (χ1v) is 6.43. The van der Waals surface area contributed by atoms with Crippen LogP contribution in [-0.2, 0) is 0 Å². The van der Waals surface area contributed by atoms with Crippen molar-refractivity contribution in [1.29, 1.82) is 0 Å². The third-order valence-electron chi connectivity index (χ3n) is 2.40. The summed E-state index contributed by atoms with van der Waals surface area (Å²) in [5, 5.41) is 3.30. The lowest BCUT2D eigenvalue weighted by Crippen LogP contribution is -2.14. The van der Waals surface area contributed by atoms with Crippen molar-refractivity contribution < 1.29 is 9.47 Å². The van der Waals surface area contributed by atoms with E-state index in [1.54, 1.807) is 0 Å². The number of benzene rings is 1. The van der Waals surface area contributed by atoms with E-state index >= 15 is 0 Å². The minimum absolute atomic E-state index is 0.699. The molecule has 0 aliphatic carbocycles. The van der Waals surface area contributed by atoms with E-state index in [4.69, 9.17) is 9.47 Å². The van der Waals surface area contributed by atoms with Crippen molar-refractivity contribution in [2.75, 3.05) is 26.3 Å². The molecule has 3 nitrogen and oxygen atoms in total. The molecule has 0 fully saturated rings. The molecular formula is C14H23NO2. The molecule has 96 valence electrons. The maximum atomic E-state index is 5.64. The second kappa shape index (κ2) is 8.88. The van der Waals surface area contributed by atoms with Crippen molar-refractivity contribution in [3.8, 4) is 11.5 Å². The first-order chi connectivity index (χ1) is 8.36. The standard InChI is InChI=1S/C14H23NO2/c1-3-15-11-5-6-12-17-14-9-7-13(8-10-14)16-4-2/h7-10,15H,3-6,11-12H2,1-2H3. The van der Waals surface area contributed by atoms with Gasteiger partial charge in [0.2, 0.25) is 0 Å². The van der Waals surface area contributed by atoms with Gasteiger partial charge in [-0.3, -0.25) is 0 Å². The van der Waals surface area contributed by atoms with Crippen LogP contribution in [0.4, 0.5) is 0 Å². The highest BCUT2D eigenvalue weighted by Gasteiger charge is 1.95. The van der Waals surface area contributed by atoms with Crippen LogP contribution in [0.15, 0.2) is 24.3 Å². The van der Waals surface area contributed by atoms with E-state index in [1.807, 2.05) is 31.2 Å². The van der Waals surface area contributed by atoms with Gasteiger partial charge in [-0.25, -0.2) is 0 Å². The lowest BCUT2D eigenvalue weighted by atomic mass is 10.3. The molecule has 0 bridgehead atoms.